The molecule has 0 radical (unpaired) electrons. The first-order valence-electron chi connectivity index (χ1n) is 12.9. The van der Waals surface area contributed by atoms with E-state index in [1.165, 1.54) is 11.1 Å². The molecule has 2 aliphatic carbocycles. The zero-order valence-corrected chi connectivity index (χ0v) is 20.7. The number of aryl methyl sites for hydroxylation is 1. The van der Waals surface area contributed by atoms with Crippen molar-refractivity contribution in [3.8, 4) is 6.07 Å². The number of nitriles is 1. The van der Waals surface area contributed by atoms with Crippen molar-refractivity contribution in [2.24, 2.45) is 11.8 Å². The van der Waals surface area contributed by atoms with Gasteiger partial charge < -0.3 is 14.7 Å². The molecular weight excluding hydrogens is 442 g/mol. The van der Waals surface area contributed by atoms with Crippen LogP contribution in [0.3, 0.4) is 0 Å². The smallest absolute Gasteiger partial charge is 0.253 e. The molecule has 3 amide bonds. The molecule has 6 rings (SSSR count). The van der Waals surface area contributed by atoms with Crippen molar-refractivity contribution in [2.75, 3.05) is 27.2 Å². The lowest BCUT2D eigenvalue weighted by Crippen LogP contribution is -2.53. The number of rotatable bonds is 5. The first-order valence-corrected chi connectivity index (χ1v) is 12.9. The molecule has 2 bridgehead atoms. The second kappa shape index (κ2) is 8.06. The van der Waals surface area contributed by atoms with Gasteiger partial charge >= 0.3 is 0 Å². The summed E-state index contributed by atoms with van der Waals surface area (Å²) in [5, 5.41) is 9.46. The summed E-state index contributed by atoms with van der Waals surface area (Å²) in [5.74, 6) is 0.539. The summed E-state index contributed by atoms with van der Waals surface area (Å²) in [5.41, 5.74) is 3.04. The van der Waals surface area contributed by atoms with Crippen molar-refractivity contribution in [1.82, 2.24) is 19.6 Å². The Hall–Kier alpha value is -2.92. The molecule has 4 fully saturated rings. The molecule has 184 valence electrons. The Morgan fingerprint density at radius 2 is 2.00 bits per heavy atom. The van der Waals surface area contributed by atoms with Gasteiger partial charge in [-0.15, -0.1) is 0 Å². The maximum absolute atomic E-state index is 13.5. The molecule has 5 aliphatic rings. The van der Waals surface area contributed by atoms with Gasteiger partial charge in [-0.05, 0) is 61.3 Å². The number of nitrogens with zero attached hydrogens (tertiary/aromatic N) is 5. The van der Waals surface area contributed by atoms with E-state index in [1.807, 2.05) is 30.0 Å². The van der Waals surface area contributed by atoms with Crippen LogP contribution in [0.2, 0.25) is 0 Å². The van der Waals surface area contributed by atoms with Crippen LogP contribution < -0.4 is 0 Å². The largest absolute Gasteiger partial charge is 0.345 e. The molecule has 8 nitrogen and oxygen atoms in total. The number of fused-ring (bicyclic) bond motifs is 4. The maximum Gasteiger partial charge on any atom is 0.253 e. The van der Waals surface area contributed by atoms with Gasteiger partial charge in [0.1, 0.15) is 6.04 Å². The first kappa shape index (κ1) is 22.5. The fourth-order valence-corrected chi connectivity index (χ4v) is 7.15. The molecule has 35 heavy (non-hydrogen) atoms. The van der Waals surface area contributed by atoms with Crippen molar-refractivity contribution in [1.29, 1.82) is 5.26 Å². The molecule has 1 saturated carbocycles. The van der Waals surface area contributed by atoms with Crippen LogP contribution in [-0.2, 0) is 16.0 Å². The molecule has 0 spiro atoms. The van der Waals surface area contributed by atoms with Crippen molar-refractivity contribution >= 4 is 17.7 Å². The summed E-state index contributed by atoms with van der Waals surface area (Å²) < 4.78 is 0. The van der Waals surface area contributed by atoms with Gasteiger partial charge in [0, 0.05) is 50.7 Å². The van der Waals surface area contributed by atoms with Gasteiger partial charge in [0.2, 0.25) is 11.8 Å². The highest BCUT2D eigenvalue weighted by Gasteiger charge is 2.56. The summed E-state index contributed by atoms with van der Waals surface area (Å²) in [6.07, 6.45) is 4.44. The van der Waals surface area contributed by atoms with Crippen LogP contribution in [0.15, 0.2) is 18.2 Å². The number of carbonyl (C=O) groups excluding carboxylic acids is 3. The van der Waals surface area contributed by atoms with E-state index in [9.17, 15) is 19.6 Å². The number of hydrogen-bond acceptors (Lipinski definition) is 5. The Bertz CT molecular complexity index is 1140. The van der Waals surface area contributed by atoms with E-state index in [0.717, 1.165) is 38.6 Å². The van der Waals surface area contributed by atoms with E-state index in [0.29, 0.717) is 18.0 Å². The van der Waals surface area contributed by atoms with Gasteiger partial charge in [-0.1, -0.05) is 13.0 Å². The van der Waals surface area contributed by atoms with Gasteiger partial charge in [-0.3, -0.25) is 19.3 Å². The van der Waals surface area contributed by atoms with E-state index in [1.54, 1.807) is 19.0 Å². The Kier molecular flexibility index (Phi) is 5.19. The average molecular weight is 476 g/mol. The van der Waals surface area contributed by atoms with Crippen LogP contribution in [0.5, 0.6) is 0 Å². The van der Waals surface area contributed by atoms with Crippen molar-refractivity contribution in [3.05, 3.63) is 34.9 Å². The van der Waals surface area contributed by atoms with E-state index in [2.05, 4.69) is 15.9 Å². The molecular formula is C27H33N5O3. The molecule has 7 atom stereocenters. The molecule has 3 aliphatic heterocycles. The number of benzene rings is 1. The summed E-state index contributed by atoms with van der Waals surface area (Å²) >= 11 is 0. The van der Waals surface area contributed by atoms with Crippen molar-refractivity contribution < 1.29 is 14.4 Å². The SMILES string of the molecule is C[C@@H](CN1C[C@H]2C[C@@H]1C(=O)N2[C@@H]1CCc2cc(C(=O)N(C)C)ccc21)C(=O)N1C2C[C@H]2C[C@H]1C#N. The highest BCUT2D eigenvalue weighted by molar-refractivity contribution is 5.94. The first-order chi connectivity index (χ1) is 16.8. The second-order valence-electron chi connectivity index (χ2n) is 11.4. The fourth-order valence-electron chi connectivity index (χ4n) is 7.15. The lowest BCUT2D eigenvalue weighted by molar-refractivity contribution is -0.142. The van der Waals surface area contributed by atoms with Crippen LogP contribution in [0.1, 0.15) is 60.1 Å². The van der Waals surface area contributed by atoms with Crippen LogP contribution in [0.25, 0.3) is 0 Å². The molecule has 1 unspecified atom stereocenters. The summed E-state index contributed by atoms with van der Waals surface area (Å²) in [6.45, 7) is 3.31. The maximum atomic E-state index is 13.5. The molecule has 3 saturated heterocycles. The third-order valence-electron chi connectivity index (χ3n) is 8.93. The Balaban J connectivity index is 1.12. The minimum Gasteiger partial charge on any atom is -0.345 e. The summed E-state index contributed by atoms with van der Waals surface area (Å²) in [7, 11) is 3.52. The average Bonchev–Trinajstić information content (AvgIpc) is 3.18. The van der Waals surface area contributed by atoms with Gasteiger partial charge in [0.15, 0.2) is 0 Å². The van der Waals surface area contributed by atoms with E-state index >= 15 is 0 Å². The van der Waals surface area contributed by atoms with Crippen molar-refractivity contribution in [3.63, 3.8) is 0 Å². The van der Waals surface area contributed by atoms with Crippen molar-refractivity contribution in [2.45, 2.75) is 69.2 Å². The van der Waals surface area contributed by atoms with E-state index < -0.39 is 0 Å². The minimum atomic E-state index is -0.281. The Labute approximate surface area is 206 Å². The normalized spacial score (nSPS) is 33.5. The standard InChI is InChI=1S/C27H33N5O3/c1-15(25(33)31-19(12-28)9-18-10-23(18)31)13-30-14-20-11-24(30)27(35)32(20)22-7-5-16-8-17(4-6-21(16)22)26(34)29(2)3/h4,6,8,15,18-20,22-24H,5,7,9-11,13-14H2,1-3H3/t15-,18+,19-,20+,22+,23?,24+/m0/s1. The third kappa shape index (κ3) is 3.47. The Morgan fingerprint density at radius 3 is 2.71 bits per heavy atom. The Morgan fingerprint density at radius 1 is 1.20 bits per heavy atom. The lowest BCUT2D eigenvalue weighted by atomic mass is 10.0. The van der Waals surface area contributed by atoms with Crippen LogP contribution in [0, 0.1) is 23.2 Å². The zero-order valence-electron chi connectivity index (χ0n) is 20.7. The molecule has 8 heteroatoms. The van der Waals surface area contributed by atoms with Crippen LogP contribution in [0.4, 0.5) is 0 Å². The number of hydrogen-bond donors (Lipinski definition) is 0. The minimum absolute atomic E-state index is 0.000841. The van der Waals surface area contributed by atoms with Crippen LogP contribution >= 0.6 is 0 Å². The van der Waals surface area contributed by atoms with Gasteiger partial charge in [0.25, 0.3) is 5.91 Å². The highest BCUT2D eigenvalue weighted by Crippen LogP contribution is 2.48. The van der Waals surface area contributed by atoms with E-state index in [-0.39, 0.29) is 53.8 Å². The number of piperidine rings is 1. The molecule has 1 aromatic carbocycles. The van der Waals surface area contributed by atoms with Crippen LogP contribution in [-0.4, -0.2) is 88.7 Å². The topological polar surface area (TPSA) is 88.0 Å². The summed E-state index contributed by atoms with van der Waals surface area (Å²) in [4.78, 5) is 46.7. The molecule has 0 aromatic heterocycles. The predicted molar refractivity (Wildman–Crippen MR) is 128 cm³/mol. The molecule has 0 N–H and O–H groups in total. The summed E-state index contributed by atoms with van der Waals surface area (Å²) in [6, 6.07) is 8.28. The monoisotopic (exact) mass is 475 g/mol. The number of amides is 3. The number of piperazine rings is 1. The van der Waals surface area contributed by atoms with Gasteiger partial charge in [0.05, 0.1) is 18.2 Å². The van der Waals surface area contributed by atoms with Gasteiger partial charge in [-0.2, -0.15) is 5.26 Å². The van der Waals surface area contributed by atoms with Gasteiger partial charge in [-0.25, -0.2) is 0 Å². The third-order valence-corrected chi connectivity index (χ3v) is 8.93. The quantitative estimate of drug-likeness (QED) is 0.648. The van der Waals surface area contributed by atoms with E-state index in [4.69, 9.17) is 0 Å². The predicted octanol–water partition coefficient (Wildman–Crippen LogP) is 1.81. The lowest BCUT2D eigenvalue weighted by Gasteiger charge is -2.39. The number of carbonyl (C=O) groups is 3. The highest BCUT2D eigenvalue weighted by atomic mass is 16.2. The zero-order chi connectivity index (χ0) is 24.6. The second-order valence-corrected chi connectivity index (χ2v) is 11.4. The number of likely N-dealkylation sites (tertiary alicyclic amines) is 3. The molecule has 1 aromatic rings. The fraction of sp³-hybridized carbons (Fsp3) is 0.630. The molecule has 3 heterocycles.